The second kappa shape index (κ2) is 5.96. The van der Waals surface area contributed by atoms with E-state index in [1.807, 2.05) is 62.4 Å². The van der Waals surface area contributed by atoms with Crippen LogP contribution in [0.5, 0.6) is 11.5 Å². The first-order valence-electron chi connectivity index (χ1n) is 5.78. The molecule has 0 bridgehead atoms. The Kier molecular flexibility index (Phi) is 4.51. The molecule has 0 N–H and O–H groups in total. The van der Waals surface area contributed by atoms with Gasteiger partial charge >= 0.3 is 5.84 Å². The first kappa shape index (κ1) is 14.4. The Bertz CT molecular complexity index is 579. The van der Waals surface area contributed by atoms with Crippen LogP contribution in [0.2, 0.25) is 0 Å². The summed E-state index contributed by atoms with van der Waals surface area (Å²) in [5, 5.41) is 0. The van der Waals surface area contributed by atoms with E-state index in [-0.39, 0.29) is 0 Å². The molecule has 5 heteroatoms. The highest BCUT2D eigenvalue weighted by Crippen LogP contribution is 2.54. The van der Waals surface area contributed by atoms with Crippen LogP contribution in [0.25, 0.3) is 0 Å². The Morgan fingerprint density at radius 3 is 1.58 bits per heavy atom. The van der Waals surface area contributed by atoms with Gasteiger partial charge in [0.1, 0.15) is 11.5 Å². The lowest BCUT2D eigenvalue weighted by Gasteiger charge is -2.19. The summed E-state index contributed by atoms with van der Waals surface area (Å²) >= 11 is 11.5. The number of para-hydroxylation sites is 2. The van der Waals surface area contributed by atoms with E-state index in [0.717, 1.165) is 11.1 Å². The Hall–Kier alpha value is -1.02. The molecule has 0 aliphatic carbocycles. The Balaban J connectivity index is 2.18. The van der Waals surface area contributed by atoms with E-state index in [1.165, 1.54) is 0 Å². The van der Waals surface area contributed by atoms with E-state index in [2.05, 4.69) is 0 Å². The van der Waals surface area contributed by atoms with E-state index < -0.39 is 5.84 Å². The normalized spacial score (nSPS) is 11.1. The van der Waals surface area contributed by atoms with Crippen molar-refractivity contribution in [3.05, 3.63) is 59.7 Å². The summed E-state index contributed by atoms with van der Waals surface area (Å²) in [5.74, 6) is -1.56. The van der Waals surface area contributed by atoms with Gasteiger partial charge in [-0.05, 0) is 48.3 Å². The number of hydrogen-bond acceptors (Lipinski definition) is 3. The van der Waals surface area contributed by atoms with E-state index in [9.17, 15) is 0 Å². The van der Waals surface area contributed by atoms with Crippen LogP contribution in [0, 0.1) is 13.8 Å². The molecule has 0 spiro atoms. The standard InChI is InChI=1S/C14H14ClO2PS/c1-11-7-3-5-9-13(11)16-18(15,19)17-14-10-6-4-8-12(14)2/h3-10H,1-2H3. The third kappa shape index (κ3) is 3.97. The lowest BCUT2D eigenvalue weighted by atomic mass is 10.2. The van der Waals surface area contributed by atoms with Crippen LogP contribution < -0.4 is 9.05 Å². The van der Waals surface area contributed by atoms with Gasteiger partial charge in [0, 0.05) is 11.8 Å². The number of rotatable bonds is 4. The van der Waals surface area contributed by atoms with Crippen molar-refractivity contribution in [2.75, 3.05) is 0 Å². The van der Waals surface area contributed by atoms with E-state index >= 15 is 0 Å². The summed E-state index contributed by atoms with van der Waals surface area (Å²) in [6.07, 6.45) is 0. The smallest absolute Gasteiger partial charge is 0.384 e. The van der Waals surface area contributed by atoms with Gasteiger partial charge in [-0.15, -0.1) is 0 Å². The molecule has 0 aliphatic heterocycles. The van der Waals surface area contributed by atoms with Gasteiger partial charge in [-0.25, -0.2) is 0 Å². The topological polar surface area (TPSA) is 18.5 Å². The fraction of sp³-hybridized carbons (Fsp3) is 0.143. The van der Waals surface area contributed by atoms with Crippen molar-refractivity contribution < 1.29 is 9.05 Å². The van der Waals surface area contributed by atoms with Crippen LogP contribution in [0.4, 0.5) is 0 Å². The van der Waals surface area contributed by atoms with E-state index in [0.29, 0.717) is 11.5 Å². The zero-order chi connectivity index (χ0) is 13.9. The molecule has 0 fully saturated rings. The molecule has 2 aromatic rings. The minimum Gasteiger partial charge on any atom is -0.424 e. The molecular formula is C14H14ClO2PS. The van der Waals surface area contributed by atoms with Crippen LogP contribution in [0.3, 0.4) is 0 Å². The molecule has 0 amide bonds. The molecule has 2 rings (SSSR count). The quantitative estimate of drug-likeness (QED) is 0.721. The van der Waals surface area contributed by atoms with Crippen molar-refractivity contribution in [2.24, 2.45) is 0 Å². The van der Waals surface area contributed by atoms with Crippen LogP contribution in [0.15, 0.2) is 48.5 Å². The minimum absolute atomic E-state index is 0.661. The fourth-order valence-electron chi connectivity index (χ4n) is 1.57. The third-order valence-electron chi connectivity index (χ3n) is 2.60. The lowest BCUT2D eigenvalue weighted by Crippen LogP contribution is -1.97. The molecule has 0 aromatic heterocycles. The second-order valence-corrected chi connectivity index (χ2v) is 8.75. The summed E-state index contributed by atoms with van der Waals surface area (Å²) in [6, 6.07) is 15.2. The summed E-state index contributed by atoms with van der Waals surface area (Å²) in [5.41, 5.74) is 1.96. The van der Waals surface area contributed by atoms with Crippen LogP contribution in [0.1, 0.15) is 11.1 Å². The van der Waals surface area contributed by atoms with Crippen LogP contribution in [-0.2, 0) is 11.8 Å². The summed E-state index contributed by atoms with van der Waals surface area (Å²) < 4.78 is 11.3. The summed E-state index contributed by atoms with van der Waals surface area (Å²) in [6.45, 7) is 3.88. The number of aryl methyl sites for hydroxylation is 2. The van der Waals surface area contributed by atoms with Gasteiger partial charge in [0.2, 0.25) is 0 Å². The van der Waals surface area contributed by atoms with Crippen molar-refractivity contribution in [3.63, 3.8) is 0 Å². The van der Waals surface area contributed by atoms with Crippen LogP contribution >= 0.6 is 17.1 Å². The zero-order valence-electron chi connectivity index (χ0n) is 10.7. The van der Waals surface area contributed by atoms with Crippen molar-refractivity contribution in [3.8, 4) is 11.5 Å². The maximum Gasteiger partial charge on any atom is 0.384 e. The molecule has 19 heavy (non-hydrogen) atoms. The predicted molar refractivity (Wildman–Crippen MR) is 83.8 cm³/mol. The molecule has 2 aromatic carbocycles. The Morgan fingerprint density at radius 2 is 1.21 bits per heavy atom. The van der Waals surface area contributed by atoms with E-state index in [4.69, 9.17) is 32.1 Å². The van der Waals surface area contributed by atoms with Crippen LogP contribution in [-0.4, -0.2) is 0 Å². The molecule has 0 radical (unpaired) electrons. The highest BCUT2D eigenvalue weighted by Gasteiger charge is 2.20. The average molecular weight is 313 g/mol. The molecule has 0 aliphatic rings. The Labute approximate surface area is 123 Å². The van der Waals surface area contributed by atoms with Gasteiger partial charge < -0.3 is 9.05 Å². The van der Waals surface area contributed by atoms with Crippen molar-refractivity contribution in [2.45, 2.75) is 13.8 Å². The van der Waals surface area contributed by atoms with Gasteiger partial charge in [-0.3, -0.25) is 0 Å². The summed E-state index contributed by atoms with van der Waals surface area (Å²) in [7, 11) is 0. The molecule has 0 saturated heterocycles. The Morgan fingerprint density at radius 1 is 0.842 bits per heavy atom. The predicted octanol–water partition coefficient (Wildman–Crippen LogP) is 5.22. The molecule has 0 atom stereocenters. The van der Waals surface area contributed by atoms with Gasteiger partial charge in [0.15, 0.2) is 0 Å². The molecule has 2 nitrogen and oxygen atoms in total. The molecular weight excluding hydrogens is 299 g/mol. The summed E-state index contributed by atoms with van der Waals surface area (Å²) in [4.78, 5) is 0. The second-order valence-electron chi connectivity index (χ2n) is 4.14. The maximum absolute atomic E-state index is 6.23. The third-order valence-corrected chi connectivity index (χ3v) is 4.29. The average Bonchev–Trinajstić information content (AvgIpc) is 2.35. The maximum atomic E-state index is 6.23. The molecule has 0 unspecified atom stereocenters. The lowest BCUT2D eigenvalue weighted by molar-refractivity contribution is 0.500. The number of hydrogen-bond donors (Lipinski definition) is 0. The first-order valence-corrected chi connectivity index (χ1v) is 9.32. The largest absolute Gasteiger partial charge is 0.424 e. The zero-order valence-corrected chi connectivity index (χ0v) is 13.1. The highest BCUT2D eigenvalue weighted by molar-refractivity contribution is 8.22. The number of benzene rings is 2. The number of halogens is 1. The molecule has 0 saturated carbocycles. The minimum atomic E-state index is -2.88. The fourth-order valence-corrected chi connectivity index (χ4v) is 3.42. The van der Waals surface area contributed by atoms with Crippen molar-refractivity contribution >= 4 is 28.9 Å². The molecule has 100 valence electrons. The molecule has 0 heterocycles. The van der Waals surface area contributed by atoms with Crippen molar-refractivity contribution in [1.29, 1.82) is 0 Å². The highest BCUT2D eigenvalue weighted by atomic mass is 35.7. The monoisotopic (exact) mass is 312 g/mol. The van der Waals surface area contributed by atoms with Gasteiger partial charge in [0.05, 0.1) is 0 Å². The van der Waals surface area contributed by atoms with E-state index in [1.54, 1.807) is 0 Å². The van der Waals surface area contributed by atoms with Gasteiger partial charge in [-0.1, -0.05) is 36.4 Å². The van der Waals surface area contributed by atoms with Gasteiger partial charge in [0.25, 0.3) is 0 Å². The van der Waals surface area contributed by atoms with Gasteiger partial charge in [-0.2, -0.15) is 0 Å². The van der Waals surface area contributed by atoms with Crippen molar-refractivity contribution in [1.82, 2.24) is 0 Å². The SMILES string of the molecule is Cc1ccccc1OP(=S)(Cl)Oc1ccccc1C. The first-order chi connectivity index (χ1) is 8.98.